The normalized spacial score (nSPS) is 23.6. The molecule has 1 aromatic rings. The number of likely N-dealkylation sites (tertiary alicyclic amines) is 2. The first-order chi connectivity index (χ1) is 13.9. The maximum Gasteiger partial charge on any atom is 0.490 e. The number of amides is 2. The zero-order chi connectivity index (χ0) is 22.6. The van der Waals surface area contributed by atoms with Crippen molar-refractivity contribution in [3.8, 4) is 0 Å². The molecule has 2 saturated heterocycles. The number of alkyl halides is 3. The Morgan fingerprint density at radius 1 is 1.33 bits per heavy atom. The van der Waals surface area contributed by atoms with Crippen LogP contribution in [0.1, 0.15) is 30.3 Å². The number of nitrogens with zero attached hydrogens (tertiary/aromatic N) is 4. The maximum atomic E-state index is 12.4. The number of carboxylic acid groups (broad SMARTS) is 1. The van der Waals surface area contributed by atoms with Crippen molar-refractivity contribution in [3.63, 3.8) is 0 Å². The molecule has 0 radical (unpaired) electrons. The first-order valence-corrected chi connectivity index (χ1v) is 9.35. The van der Waals surface area contributed by atoms with E-state index < -0.39 is 12.1 Å². The van der Waals surface area contributed by atoms with Gasteiger partial charge in [-0.05, 0) is 32.9 Å². The van der Waals surface area contributed by atoms with Crippen molar-refractivity contribution >= 4 is 17.8 Å². The van der Waals surface area contributed by atoms with Crippen molar-refractivity contribution in [1.82, 2.24) is 19.9 Å². The van der Waals surface area contributed by atoms with Crippen LogP contribution in [0, 0.1) is 5.92 Å². The molecule has 0 unspecified atom stereocenters. The number of halogens is 3. The molecule has 3 rings (SSSR count). The van der Waals surface area contributed by atoms with E-state index in [1.807, 2.05) is 23.9 Å². The van der Waals surface area contributed by atoms with E-state index in [2.05, 4.69) is 10.1 Å². The van der Waals surface area contributed by atoms with E-state index in [-0.39, 0.29) is 29.7 Å². The minimum Gasteiger partial charge on any atom is -0.475 e. The largest absolute Gasteiger partial charge is 0.490 e. The van der Waals surface area contributed by atoms with Crippen molar-refractivity contribution in [2.24, 2.45) is 5.92 Å². The highest BCUT2D eigenvalue weighted by molar-refractivity contribution is 5.91. The van der Waals surface area contributed by atoms with Gasteiger partial charge < -0.3 is 24.3 Å². The Kier molecular flexibility index (Phi) is 7.45. The summed E-state index contributed by atoms with van der Waals surface area (Å²) in [5, 5.41) is 10.7. The van der Waals surface area contributed by atoms with Gasteiger partial charge in [0.15, 0.2) is 0 Å². The van der Waals surface area contributed by atoms with E-state index in [1.165, 1.54) is 6.20 Å². The highest BCUT2D eigenvalue weighted by Crippen LogP contribution is 2.36. The molecule has 0 aliphatic carbocycles. The van der Waals surface area contributed by atoms with Gasteiger partial charge in [-0.3, -0.25) is 9.59 Å². The lowest BCUT2D eigenvalue weighted by Gasteiger charge is -2.38. The van der Waals surface area contributed by atoms with E-state index in [1.54, 1.807) is 13.0 Å². The van der Waals surface area contributed by atoms with Crippen LogP contribution in [-0.2, 0) is 9.59 Å². The summed E-state index contributed by atoms with van der Waals surface area (Å²) in [6.45, 7) is 3.84. The predicted molar refractivity (Wildman–Crippen MR) is 97.5 cm³/mol. The van der Waals surface area contributed by atoms with Crippen molar-refractivity contribution < 1.29 is 37.2 Å². The van der Waals surface area contributed by atoms with Gasteiger partial charge in [-0.25, -0.2) is 4.79 Å². The van der Waals surface area contributed by atoms with E-state index in [0.29, 0.717) is 19.0 Å². The van der Waals surface area contributed by atoms with E-state index >= 15 is 0 Å². The first kappa shape index (κ1) is 23.6. The molecule has 2 aliphatic rings. The Labute approximate surface area is 171 Å². The van der Waals surface area contributed by atoms with Crippen LogP contribution in [0.25, 0.3) is 0 Å². The fourth-order valence-electron chi connectivity index (χ4n) is 4.09. The molecule has 0 saturated carbocycles. The lowest BCUT2D eigenvalue weighted by molar-refractivity contribution is -0.192. The van der Waals surface area contributed by atoms with Crippen LogP contribution in [0.5, 0.6) is 0 Å². The van der Waals surface area contributed by atoms with Gasteiger partial charge in [0.05, 0.1) is 6.20 Å². The number of carboxylic acids is 1. The molecule has 1 aromatic heterocycles. The average Bonchev–Trinajstić information content (AvgIpc) is 3.27. The van der Waals surface area contributed by atoms with Crippen LogP contribution in [0.15, 0.2) is 16.8 Å². The van der Waals surface area contributed by atoms with Crippen molar-refractivity contribution in [2.45, 2.75) is 38.0 Å². The number of piperidine rings is 1. The van der Waals surface area contributed by atoms with E-state index in [9.17, 15) is 22.8 Å². The molecule has 168 valence electrons. The molecule has 12 heteroatoms. The van der Waals surface area contributed by atoms with E-state index in [0.717, 1.165) is 19.4 Å². The fraction of sp³-hybridized carbons (Fsp3) is 0.667. The van der Waals surface area contributed by atoms with Gasteiger partial charge in [0.1, 0.15) is 0 Å². The number of hydrogen-bond donors (Lipinski definition) is 1. The number of rotatable bonds is 3. The monoisotopic (exact) mass is 434 g/mol. The van der Waals surface area contributed by atoms with Gasteiger partial charge in [0.25, 0.3) is 5.91 Å². The third-order valence-corrected chi connectivity index (χ3v) is 5.14. The maximum absolute atomic E-state index is 12.4. The van der Waals surface area contributed by atoms with Crippen LogP contribution in [0.4, 0.5) is 13.2 Å². The van der Waals surface area contributed by atoms with Gasteiger partial charge >= 0.3 is 12.1 Å². The molecule has 2 amide bonds. The molecule has 0 bridgehead atoms. The number of likely N-dealkylation sites (N-methyl/N-ethyl adjacent to an activating group) is 1. The number of aliphatic carboxylic acids is 1. The standard InChI is InChI=1S/C16H24N4O3.C2HF3O2/c1-11(21)20-13(10-18(2)3)8-12-9-19(7-5-14(12)20)16(22)15-4-6-17-23-15;3-2(4,5)1(6)7/h4,6,12-14H,5,7-10H2,1-3H3;(H,6,7)/t12-,13+,14+;/m1./s1. The summed E-state index contributed by atoms with van der Waals surface area (Å²) in [5.74, 6) is -2.10. The summed E-state index contributed by atoms with van der Waals surface area (Å²) in [4.78, 5) is 39.4. The Hall–Kier alpha value is -2.63. The van der Waals surface area contributed by atoms with Crippen LogP contribution in [0.2, 0.25) is 0 Å². The smallest absolute Gasteiger partial charge is 0.475 e. The molecule has 3 heterocycles. The first-order valence-electron chi connectivity index (χ1n) is 9.35. The minimum atomic E-state index is -5.08. The SMILES string of the molecule is CC(=O)N1[C@H](CN(C)C)C[C@@H]2CN(C(=O)c3ccno3)CC[C@@H]21.O=C(O)C(F)(F)F. The fourth-order valence-corrected chi connectivity index (χ4v) is 4.09. The summed E-state index contributed by atoms with van der Waals surface area (Å²) in [6.07, 6.45) is -1.82. The Bertz CT molecular complexity index is 754. The zero-order valence-electron chi connectivity index (χ0n) is 16.9. The molecule has 3 atom stereocenters. The lowest BCUT2D eigenvalue weighted by Crippen LogP contribution is -2.50. The van der Waals surface area contributed by atoms with Crippen LogP contribution >= 0.6 is 0 Å². The Morgan fingerprint density at radius 2 is 1.97 bits per heavy atom. The van der Waals surface area contributed by atoms with Gasteiger partial charge in [-0.2, -0.15) is 13.2 Å². The molecule has 9 nitrogen and oxygen atoms in total. The number of carbonyl (C=O) groups excluding carboxylic acids is 2. The minimum absolute atomic E-state index is 0.105. The van der Waals surface area contributed by atoms with E-state index in [4.69, 9.17) is 14.4 Å². The summed E-state index contributed by atoms with van der Waals surface area (Å²) in [7, 11) is 4.06. The average molecular weight is 434 g/mol. The van der Waals surface area contributed by atoms with Crippen LogP contribution in [-0.4, -0.2) is 94.7 Å². The molecular formula is C18H25F3N4O5. The highest BCUT2D eigenvalue weighted by atomic mass is 19.4. The second kappa shape index (κ2) is 9.45. The molecule has 2 fully saturated rings. The van der Waals surface area contributed by atoms with Gasteiger partial charge in [0.2, 0.25) is 11.7 Å². The molecular weight excluding hydrogens is 409 g/mol. The van der Waals surface area contributed by atoms with Gasteiger partial charge in [-0.1, -0.05) is 5.16 Å². The number of aromatic nitrogens is 1. The predicted octanol–water partition coefficient (Wildman–Crippen LogP) is 1.32. The van der Waals surface area contributed by atoms with Crippen LogP contribution in [0.3, 0.4) is 0 Å². The topological polar surface area (TPSA) is 107 Å². The zero-order valence-corrected chi connectivity index (χ0v) is 16.9. The molecule has 1 N–H and O–H groups in total. The highest BCUT2D eigenvalue weighted by Gasteiger charge is 2.46. The summed E-state index contributed by atoms with van der Waals surface area (Å²) in [5.41, 5.74) is 0. The second-order valence-corrected chi connectivity index (χ2v) is 7.62. The van der Waals surface area contributed by atoms with Crippen molar-refractivity contribution in [3.05, 3.63) is 18.0 Å². The summed E-state index contributed by atoms with van der Waals surface area (Å²) < 4.78 is 36.7. The van der Waals surface area contributed by atoms with Crippen molar-refractivity contribution in [1.29, 1.82) is 0 Å². The van der Waals surface area contributed by atoms with Gasteiger partial charge in [0, 0.05) is 44.7 Å². The molecule has 0 aromatic carbocycles. The number of hydrogen-bond acceptors (Lipinski definition) is 6. The molecule has 30 heavy (non-hydrogen) atoms. The third kappa shape index (κ3) is 5.71. The Morgan fingerprint density at radius 3 is 2.43 bits per heavy atom. The molecule has 0 spiro atoms. The van der Waals surface area contributed by atoms with Crippen molar-refractivity contribution in [2.75, 3.05) is 33.7 Å². The van der Waals surface area contributed by atoms with Crippen LogP contribution < -0.4 is 0 Å². The Balaban J connectivity index is 0.000000396. The molecule has 2 aliphatic heterocycles. The quantitative estimate of drug-likeness (QED) is 0.765. The lowest BCUT2D eigenvalue weighted by atomic mass is 9.92. The second-order valence-electron chi connectivity index (χ2n) is 7.62. The third-order valence-electron chi connectivity index (χ3n) is 5.14. The number of fused-ring (bicyclic) bond motifs is 1. The number of carbonyl (C=O) groups is 3. The summed E-state index contributed by atoms with van der Waals surface area (Å²) >= 11 is 0. The summed E-state index contributed by atoms with van der Waals surface area (Å²) in [6, 6.07) is 2.08. The van der Waals surface area contributed by atoms with Gasteiger partial charge in [-0.15, -0.1) is 0 Å².